The first-order chi connectivity index (χ1) is 10.7. The lowest BCUT2D eigenvalue weighted by molar-refractivity contribution is -0.391. The van der Waals surface area contributed by atoms with E-state index in [2.05, 4.69) is 9.97 Å². The van der Waals surface area contributed by atoms with Gasteiger partial charge in [0.1, 0.15) is 11.9 Å². The number of thiazole rings is 1. The zero-order valence-electron chi connectivity index (χ0n) is 11.0. The smallest absolute Gasteiger partial charge is 0.393 e. The van der Waals surface area contributed by atoms with Gasteiger partial charge >= 0.3 is 11.7 Å². The van der Waals surface area contributed by atoms with Crippen molar-refractivity contribution in [2.45, 2.75) is 0 Å². The quantitative estimate of drug-likeness (QED) is 0.426. The monoisotopic (exact) mass is 312 g/mol. The molecule has 22 heavy (non-hydrogen) atoms. The number of hydrogen-bond acceptors (Lipinski definition) is 6. The third-order valence-electron chi connectivity index (χ3n) is 3.17. The van der Waals surface area contributed by atoms with Crippen molar-refractivity contribution in [2.75, 3.05) is 0 Å². The molecule has 7 nitrogen and oxygen atoms in total. The minimum atomic E-state index is -0.495. The summed E-state index contributed by atoms with van der Waals surface area (Å²) < 4.78 is 7.03. The molecule has 0 saturated carbocycles. The molecule has 4 aromatic rings. The van der Waals surface area contributed by atoms with Crippen LogP contribution in [0.3, 0.4) is 0 Å². The highest BCUT2D eigenvalue weighted by Crippen LogP contribution is 2.34. The van der Waals surface area contributed by atoms with Crippen molar-refractivity contribution < 1.29 is 9.66 Å². The largest absolute Gasteiger partial charge is 0.432 e. The third kappa shape index (κ3) is 1.97. The second-order valence-electron chi connectivity index (χ2n) is 4.51. The summed E-state index contributed by atoms with van der Waals surface area (Å²) in [5.74, 6) is 0.289. The number of pyridine rings is 1. The Morgan fingerprint density at radius 3 is 3.09 bits per heavy atom. The molecule has 4 rings (SSSR count). The first-order valence-electron chi connectivity index (χ1n) is 6.35. The fourth-order valence-electron chi connectivity index (χ4n) is 2.22. The number of fused-ring (bicyclic) bond motifs is 2. The van der Waals surface area contributed by atoms with Crippen LogP contribution in [0.1, 0.15) is 0 Å². The molecule has 0 spiro atoms. The van der Waals surface area contributed by atoms with Gasteiger partial charge in [-0.3, -0.25) is 4.98 Å². The molecule has 0 unspecified atom stereocenters. The SMILES string of the molecule is O=[N+]([O-])c1c(Oc2ccc3ncccc3c2)nc2sccn12. The number of aromatic nitrogens is 3. The van der Waals surface area contributed by atoms with Gasteiger partial charge in [-0.2, -0.15) is 9.38 Å². The number of imidazole rings is 1. The molecule has 0 radical (unpaired) electrons. The molecule has 0 fully saturated rings. The summed E-state index contributed by atoms with van der Waals surface area (Å²) in [6, 6.07) is 9.01. The number of ether oxygens (including phenoxy) is 1. The Hall–Kier alpha value is -3.00. The summed E-state index contributed by atoms with van der Waals surface area (Å²) in [4.78, 5) is 19.7. The van der Waals surface area contributed by atoms with E-state index in [4.69, 9.17) is 4.74 Å². The number of hydrogen-bond donors (Lipinski definition) is 0. The van der Waals surface area contributed by atoms with E-state index in [0.29, 0.717) is 10.7 Å². The van der Waals surface area contributed by atoms with Crippen LogP contribution < -0.4 is 4.74 Å². The number of nitro groups is 1. The van der Waals surface area contributed by atoms with E-state index in [1.807, 2.05) is 12.1 Å². The minimum absolute atomic E-state index is 0.0138. The molecule has 8 heteroatoms. The third-order valence-corrected chi connectivity index (χ3v) is 3.92. The van der Waals surface area contributed by atoms with Crippen molar-refractivity contribution >= 4 is 33.0 Å². The van der Waals surface area contributed by atoms with Crippen LogP contribution in [0.5, 0.6) is 11.6 Å². The fourth-order valence-corrected chi connectivity index (χ4v) is 2.92. The Labute approximate surface area is 127 Å². The number of benzene rings is 1. The molecule has 3 aromatic heterocycles. The Morgan fingerprint density at radius 1 is 1.32 bits per heavy atom. The standard InChI is InChI=1S/C14H8N4O3S/c19-18(20)13-12(16-14-17(13)6-7-22-14)21-10-3-4-11-9(8-10)2-1-5-15-11/h1-8H. The van der Waals surface area contributed by atoms with Gasteiger partial charge in [-0.15, -0.1) is 0 Å². The molecule has 0 aliphatic carbocycles. The Balaban J connectivity index is 1.80. The summed E-state index contributed by atoms with van der Waals surface area (Å²) in [5.41, 5.74) is 0.829. The molecule has 0 bridgehead atoms. The molecule has 1 aromatic carbocycles. The Bertz CT molecular complexity index is 1010. The highest BCUT2D eigenvalue weighted by atomic mass is 32.1. The summed E-state index contributed by atoms with van der Waals surface area (Å²) in [7, 11) is 0. The van der Waals surface area contributed by atoms with Crippen molar-refractivity contribution in [3.8, 4) is 11.6 Å². The fraction of sp³-hybridized carbons (Fsp3) is 0. The van der Waals surface area contributed by atoms with Crippen LogP contribution in [-0.4, -0.2) is 19.3 Å². The van der Waals surface area contributed by atoms with Crippen LogP contribution >= 0.6 is 11.3 Å². The molecule has 0 aliphatic rings. The van der Waals surface area contributed by atoms with Crippen molar-refractivity contribution in [3.63, 3.8) is 0 Å². The lowest BCUT2D eigenvalue weighted by atomic mass is 10.2. The van der Waals surface area contributed by atoms with Gasteiger partial charge in [0.2, 0.25) is 0 Å². The molecule has 0 saturated heterocycles. The van der Waals surface area contributed by atoms with Gasteiger partial charge in [-0.05, 0) is 29.2 Å². The summed E-state index contributed by atoms with van der Waals surface area (Å²) >= 11 is 1.31. The van der Waals surface area contributed by atoms with Gasteiger partial charge in [0, 0.05) is 17.0 Å². The van der Waals surface area contributed by atoms with E-state index >= 15 is 0 Å². The molecule has 0 aliphatic heterocycles. The minimum Gasteiger partial charge on any atom is -0.432 e. The van der Waals surface area contributed by atoms with Crippen molar-refractivity contribution in [3.05, 3.63) is 58.2 Å². The Kier molecular flexibility index (Phi) is 2.76. The van der Waals surface area contributed by atoms with Crippen molar-refractivity contribution in [1.82, 2.24) is 14.4 Å². The normalized spacial score (nSPS) is 11.1. The molecule has 3 heterocycles. The first kappa shape index (κ1) is 12.7. The first-order valence-corrected chi connectivity index (χ1v) is 7.23. The lowest BCUT2D eigenvalue weighted by Crippen LogP contribution is -1.95. The van der Waals surface area contributed by atoms with Crippen LogP contribution in [0.25, 0.3) is 15.9 Å². The number of nitrogens with zero attached hydrogens (tertiary/aromatic N) is 4. The van der Waals surface area contributed by atoms with Gasteiger partial charge in [0.15, 0.2) is 0 Å². The van der Waals surface area contributed by atoms with Gasteiger partial charge in [-0.1, -0.05) is 17.4 Å². The summed E-state index contributed by atoms with van der Waals surface area (Å²) in [6.45, 7) is 0. The van der Waals surface area contributed by atoms with E-state index in [0.717, 1.165) is 10.9 Å². The van der Waals surface area contributed by atoms with Gasteiger partial charge in [0.05, 0.1) is 5.52 Å². The summed E-state index contributed by atoms with van der Waals surface area (Å²) in [6.07, 6.45) is 3.31. The lowest BCUT2D eigenvalue weighted by Gasteiger charge is -2.03. The highest BCUT2D eigenvalue weighted by Gasteiger charge is 2.25. The van der Waals surface area contributed by atoms with Crippen LogP contribution in [0.2, 0.25) is 0 Å². The predicted molar refractivity (Wildman–Crippen MR) is 81.5 cm³/mol. The van der Waals surface area contributed by atoms with Gasteiger partial charge in [0.25, 0.3) is 4.96 Å². The van der Waals surface area contributed by atoms with E-state index in [-0.39, 0.29) is 11.7 Å². The van der Waals surface area contributed by atoms with Crippen LogP contribution in [0.15, 0.2) is 48.1 Å². The van der Waals surface area contributed by atoms with Crippen LogP contribution in [0, 0.1) is 10.1 Å². The topological polar surface area (TPSA) is 82.6 Å². The maximum absolute atomic E-state index is 11.3. The number of rotatable bonds is 3. The second-order valence-corrected chi connectivity index (χ2v) is 5.39. The molecule has 0 amide bonds. The van der Waals surface area contributed by atoms with Crippen molar-refractivity contribution in [2.24, 2.45) is 0 Å². The molecule has 108 valence electrons. The van der Waals surface area contributed by atoms with E-state index in [1.54, 1.807) is 36.0 Å². The highest BCUT2D eigenvalue weighted by molar-refractivity contribution is 7.15. The predicted octanol–water partition coefficient (Wildman–Crippen LogP) is 3.64. The van der Waals surface area contributed by atoms with E-state index in [9.17, 15) is 10.1 Å². The van der Waals surface area contributed by atoms with Crippen LogP contribution in [-0.2, 0) is 0 Å². The Morgan fingerprint density at radius 2 is 2.23 bits per heavy atom. The molecule has 0 atom stereocenters. The average Bonchev–Trinajstić information content (AvgIpc) is 3.07. The zero-order chi connectivity index (χ0) is 15.1. The van der Waals surface area contributed by atoms with Gasteiger partial charge in [-0.25, -0.2) is 0 Å². The van der Waals surface area contributed by atoms with Gasteiger partial charge < -0.3 is 14.9 Å². The maximum Gasteiger partial charge on any atom is 0.393 e. The molecular formula is C14H8N4O3S. The van der Waals surface area contributed by atoms with E-state index < -0.39 is 4.92 Å². The molecule has 0 N–H and O–H groups in total. The van der Waals surface area contributed by atoms with E-state index in [1.165, 1.54) is 15.7 Å². The zero-order valence-corrected chi connectivity index (χ0v) is 11.9. The van der Waals surface area contributed by atoms with Crippen LogP contribution in [0.4, 0.5) is 5.82 Å². The second kappa shape index (κ2) is 4.78. The summed E-state index contributed by atoms with van der Waals surface area (Å²) in [5, 5.41) is 13.9. The molecular weight excluding hydrogens is 304 g/mol. The maximum atomic E-state index is 11.3. The van der Waals surface area contributed by atoms with Crippen molar-refractivity contribution in [1.29, 1.82) is 0 Å². The average molecular weight is 312 g/mol.